The molecule has 1 N–H and O–H groups in total. The average molecular weight is 254 g/mol. The molecule has 0 spiro atoms. The first-order valence-corrected chi connectivity index (χ1v) is 7.93. The molecule has 2 fully saturated rings. The number of hydrogen-bond acceptors (Lipinski definition) is 2. The summed E-state index contributed by atoms with van der Waals surface area (Å²) in [5.74, 6) is 2.53. The topological polar surface area (TPSA) is 29.5 Å². The number of aliphatic hydroxyl groups is 1. The summed E-state index contributed by atoms with van der Waals surface area (Å²) in [6.07, 6.45) is 7.35. The van der Waals surface area contributed by atoms with Gasteiger partial charge in [0.1, 0.15) is 0 Å². The molecule has 0 aromatic rings. The summed E-state index contributed by atoms with van der Waals surface area (Å²) in [7, 11) is 0. The van der Waals surface area contributed by atoms with Crippen molar-refractivity contribution in [3.05, 3.63) is 0 Å². The van der Waals surface area contributed by atoms with Crippen LogP contribution >= 0.6 is 0 Å². The van der Waals surface area contributed by atoms with E-state index < -0.39 is 0 Å². The molecule has 2 heteroatoms. The predicted octanol–water partition coefficient (Wildman–Crippen LogP) is 3.62. The Morgan fingerprint density at radius 3 is 2.56 bits per heavy atom. The Bertz CT molecular complexity index is 251. The molecule has 1 aliphatic carbocycles. The van der Waals surface area contributed by atoms with Gasteiger partial charge in [0.25, 0.3) is 0 Å². The maximum Gasteiger partial charge on any atom is 0.0604 e. The van der Waals surface area contributed by atoms with Gasteiger partial charge in [0.15, 0.2) is 0 Å². The molecule has 1 saturated heterocycles. The number of aliphatic hydroxyl groups excluding tert-OH is 1. The quantitative estimate of drug-likeness (QED) is 0.833. The van der Waals surface area contributed by atoms with E-state index in [2.05, 4.69) is 20.8 Å². The summed E-state index contributed by atoms with van der Waals surface area (Å²) < 4.78 is 5.90. The van der Waals surface area contributed by atoms with Crippen molar-refractivity contribution in [1.29, 1.82) is 0 Å². The van der Waals surface area contributed by atoms with Crippen molar-refractivity contribution < 1.29 is 9.84 Å². The Morgan fingerprint density at radius 1 is 1.17 bits per heavy atom. The summed E-state index contributed by atoms with van der Waals surface area (Å²) in [5, 5.41) is 10.5. The summed E-state index contributed by atoms with van der Waals surface area (Å²) in [6, 6.07) is 0. The predicted molar refractivity (Wildman–Crippen MR) is 74.4 cm³/mol. The molecule has 0 radical (unpaired) electrons. The number of rotatable bonds is 3. The molecule has 1 aliphatic heterocycles. The molecule has 2 aliphatic rings. The van der Waals surface area contributed by atoms with E-state index in [4.69, 9.17) is 4.74 Å². The van der Waals surface area contributed by atoms with Crippen LogP contribution in [0.5, 0.6) is 0 Å². The zero-order chi connectivity index (χ0) is 13.1. The van der Waals surface area contributed by atoms with E-state index in [0.717, 1.165) is 25.4 Å². The van der Waals surface area contributed by atoms with E-state index in [1.807, 2.05) is 0 Å². The van der Waals surface area contributed by atoms with E-state index in [9.17, 15) is 5.11 Å². The van der Waals surface area contributed by atoms with Crippen LogP contribution in [0.4, 0.5) is 0 Å². The molecule has 0 bridgehead atoms. The van der Waals surface area contributed by atoms with Crippen molar-refractivity contribution >= 4 is 0 Å². The molecule has 0 amide bonds. The molecule has 2 rings (SSSR count). The van der Waals surface area contributed by atoms with E-state index >= 15 is 0 Å². The number of ether oxygens (including phenoxy) is 1. The molecular weight excluding hydrogens is 224 g/mol. The lowest BCUT2D eigenvalue weighted by atomic mass is 9.68. The molecule has 18 heavy (non-hydrogen) atoms. The normalized spacial score (nSPS) is 42.2. The summed E-state index contributed by atoms with van der Waals surface area (Å²) in [5.41, 5.74) is 0. The lowest BCUT2D eigenvalue weighted by molar-refractivity contribution is -0.0888. The minimum absolute atomic E-state index is 0.0908. The Balaban J connectivity index is 1.96. The van der Waals surface area contributed by atoms with Gasteiger partial charge in [0.2, 0.25) is 0 Å². The van der Waals surface area contributed by atoms with Crippen molar-refractivity contribution in [3.8, 4) is 0 Å². The fourth-order valence-corrected chi connectivity index (χ4v) is 4.08. The lowest BCUT2D eigenvalue weighted by Gasteiger charge is -2.43. The largest absolute Gasteiger partial charge is 0.393 e. The van der Waals surface area contributed by atoms with Gasteiger partial charge in [0.05, 0.1) is 12.2 Å². The average Bonchev–Trinajstić information content (AvgIpc) is 2.38. The molecule has 0 aromatic heterocycles. The molecular formula is C16H30O2. The molecule has 5 atom stereocenters. The summed E-state index contributed by atoms with van der Waals surface area (Å²) >= 11 is 0. The molecule has 5 unspecified atom stereocenters. The highest BCUT2D eigenvalue weighted by Crippen LogP contribution is 2.41. The zero-order valence-electron chi connectivity index (χ0n) is 12.3. The molecule has 1 heterocycles. The van der Waals surface area contributed by atoms with Crippen LogP contribution in [0.15, 0.2) is 0 Å². The highest BCUT2D eigenvalue weighted by atomic mass is 16.5. The first kappa shape index (κ1) is 14.3. The Hall–Kier alpha value is -0.0800. The third kappa shape index (κ3) is 3.08. The van der Waals surface area contributed by atoms with E-state index in [1.165, 1.54) is 25.7 Å². The minimum Gasteiger partial charge on any atom is -0.393 e. The van der Waals surface area contributed by atoms with Gasteiger partial charge in [-0.15, -0.1) is 0 Å². The molecule has 106 valence electrons. The summed E-state index contributed by atoms with van der Waals surface area (Å²) in [4.78, 5) is 0. The first-order valence-electron chi connectivity index (χ1n) is 7.93. The van der Waals surface area contributed by atoms with Crippen LogP contribution in [0.3, 0.4) is 0 Å². The smallest absolute Gasteiger partial charge is 0.0604 e. The van der Waals surface area contributed by atoms with Gasteiger partial charge >= 0.3 is 0 Å². The minimum atomic E-state index is -0.0908. The maximum absolute atomic E-state index is 10.5. The van der Waals surface area contributed by atoms with Crippen molar-refractivity contribution in [2.45, 2.75) is 71.5 Å². The van der Waals surface area contributed by atoms with Crippen LogP contribution in [0.1, 0.15) is 59.3 Å². The maximum atomic E-state index is 10.5. The molecule has 1 saturated carbocycles. The highest BCUT2D eigenvalue weighted by molar-refractivity contribution is 4.89. The van der Waals surface area contributed by atoms with E-state index in [0.29, 0.717) is 23.9 Å². The van der Waals surface area contributed by atoms with Crippen LogP contribution in [-0.4, -0.2) is 23.9 Å². The first-order chi connectivity index (χ1) is 8.63. The van der Waals surface area contributed by atoms with Crippen molar-refractivity contribution in [3.63, 3.8) is 0 Å². The van der Waals surface area contributed by atoms with Crippen molar-refractivity contribution in [1.82, 2.24) is 0 Å². The van der Waals surface area contributed by atoms with Crippen LogP contribution in [0.2, 0.25) is 0 Å². The Morgan fingerprint density at radius 2 is 1.94 bits per heavy atom. The monoisotopic (exact) mass is 254 g/mol. The van der Waals surface area contributed by atoms with Gasteiger partial charge in [0, 0.05) is 6.61 Å². The van der Waals surface area contributed by atoms with Crippen molar-refractivity contribution in [2.24, 2.45) is 23.7 Å². The van der Waals surface area contributed by atoms with Crippen LogP contribution in [0.25, 0.3) is 0 Å². The van der Waals surface area contributed by atoms with Crippen LogP contribution < -0.4 is 0 Å². The second-order valence-electron chi connectivity index (χ2n) is 6.67. The van der Waals surface area contributed by atoms with Gasteiger partial charge in [-0.1, -0.05) is 20.8 Å². The standard InChI is InChI=1S/C16H30O2/c1-4-16-14(6-5-9-18-16)13-8-7-12(11(2)3)10-15(13)17/h11-17H,4-10H2,1-3H3. The fourth-order valence-electron chi connectivity index (χ4n) is 4.08. The van der Waals surface area contributed by atoms with Crippen LogP contribution in [0, 0.1) is 23.7 Å². The second kappa shape index (κ2) is 6.38. The van der Waals surface area contributed by atoms with Gasteiger partial charge in [-0.2, -0.15) is 0 Å². The molecule has 2 nitrogen and oxygen atoms in total. The summed E-state index contributed by atoms with van der Waals surface area (Å²) in [6.45, 7) is 7.72. The van der Waals surface area contributed by atoms with E-state index in [-0.39, 0.29) is 6.10 Å². The third-order valence-electron chi connectivity index (χ3n) is 5.30. The fraction of sp³-hybridized carbons (Fsp3) is 1.00. The van der Waals surface area contributed by atoms with Gasteiger partial charge < -0.3 is 9.84 Å². The van der Waals surface area contributed by atoms with E-state index in [1.54, 1.807) is 0 Å². The van der Waals surface area contributed by atoms with Gasteiger partial charge in [-0.3, -0.25) is 0 Å². The van der Waals surface area contributed by atoms with Gasteiger partial charge in [-0.05, 0) is 62.2 Å². The second-order valence-corrected chi connectivity index (χ2v) is 6.67. The highest BCUT2D eigenvalue weighted by Gasteiger charge is 2.39. The Labute approximate surface area is 112 Å². The molecule has 0 aromatic carbocycles. The third-order valence-corrected chi connectivity index (χ3v) is 5.30. The number of hydrogen-bond donors (Lipinski definition) is 1. The lowest BCUT2D eigenvalue weighted by Crippen LogP contribution is -2.42. The van der Waals surface area contributed by atoms with Crippen molar-refractivity contribution in [2.75, 3.05) is 6.61 Å². The van der Waals surface area contributed by atoms with Crippen LogP contribution in [-0.2, 0) is 4.74 Å². The Kier molecular flexibility index (Phi) is 5.08. The zero-order valence-corrected chi connectivity index (χ0v) is 12.3. The SMILES string of the molecule is CCC1OCCCC1C1CCC(C(C)C)CC1O. The van der Waals surface area contributed by atoms with Gasteiger partial charge in [-0.25, -0.2) is 0 Å².